The highest BCUT2D eigenvalue weighted by molar-refractivity contribution is 9.10. The van der Waals surface area contributed by atoms with Crippen LogP contribution >= 0.6 is 15.9 Å². The Bertz CT molecular complexity index is 467. The van der Waals surface area contributed by atoms with Gasteiger partial charge in [-0.15, -0.1) is 0 Å². The summed E-state index contributed by atoms with van der Waals surface area (Å²) >= 11 is 3.65. The fourth-order valence-electron chi connectivity index (χ4n) is 3.55. The quantitative estimate of drug-likeness (QED) is 0.878. The summed E-state index contributed by atoms with van der Waals surface area (Å²) in [5.74, 6) is 0.525. The molecule has 1 aliphatic rings. The third-order valence-electron chi connectivity index (χ3n) is 4.93. The van der Waals surface area contributed by atoms with Gasteiger partial charge in [-0.3, -0.25) is 4.68 Å². The molecule has 0 bridgehead atoms. The van der Waals surface area contributed by atoms with Crippen molar-refractivity contribution in [3.63, 3.8) is 0 Å². The van der Waals surface area contributed by atoms with E-state index in [0.29, 0.717) is 11.3 Å². The second-order valence-electron chi connectivity index (χ2n) is 7.27. The number of rotatable bonds is 5. The Labute approximate surface area is 137 Å². The van der Waals surface area contributed by atoms with E-state index in [1.54, 1.807) is 0 Å². The normalized spacial score (nSPS) is 23.5. The molecule has 2 unspecified atom stereocenters. The highest BCUT2D eigenvalue weighted by Crippen LogP contribution is 2.46. The molecule has 21 heavy (non-hydrogen) atoms. The SMILES string of the molecule is CN(C)CCn1ncc(Br)c1C(N)C1CCCCC1(C)C. The van der Waals surface area contributed by atoms with Crippen LogP contribution in [0.25, 0.3) is 0 Å². The van der Waals surface area contributed by atoms with Crippen molar-refractivity contribution in [1.29, 1.82) is 0 Å². The molecule has 1 heterocycles. The van der Waals surface area contributed by atoms with Crippen molar-refractivity contribution in [3.8, 4) is 0 Å². The first kappa shape index (κ1) is 17.0. The van der Waals surface area contributed by atoms with Crippen LogP contribution in [0.4, 0.5) is 0 Å². The predicted octanol–water partition coefficient (Wildman–Crippen LogP) is 3.42. The lowest BCUT2D eigenvalue weighted by Gasteiger charge is -2.42. The molecule has 2 rings (SSSR count). The van der Waals surface area contributed by atoms with E-state index in [-0.39, 0.29) is 6.04 Å². The molecule has 2 N–H and O–H groups in total. The number of nitrogens with two attached hydrogens (primary N) is 1. The van der Waals surface area contributed by atoms with E-state index in [1.165, 1.54) is 25.7 Å². The van der Waals surface area contributed by atoms with Gasteiger partial charge < -0.3 is 10.6 Å². The second-order valence-corrected chi connectivity index (χ2v) is 8.13. The molecule has 1 fully saturated rings. The van der Waals surface area contributed by atoms with Gasteiger partial charge in [-0.1, -0.05) is 26.7 Å². The third kappa shape index (κ3) is 3.88. The Morgan fingerprint density at radius 3 is 2.81 bits per heavy atom. The van der Waals surface area contributed by atoms with Crippen LogP contribution in [0.5, 0.6) is 0 Å². The first-order valence-electron chi connectivity index (χ1n) is 7.94. The van der Waals surface area contributed by atoms with Gasteiger partial charge in [-0.05, 0) is 54.2 Å². The lowest BCUT2D eigenvalue weighted by molar-refractivity contribution is 0.109. The first-order chi connectivity index (χ1) is 9.83. The summed E-state index contributed by atoms with van der Waals surface area (Å²) in [6, 6.07) is 0.0549. The minimum absolute atomic E-state index is 0.0549. The molecular weight excluding hydrogens is 328 g/mol. The summed E-state index contributed by atoms with van der Waals surface area (Å²) in [6.07, 6.45) is 7.01. The highest BCUT2D eigenvalue weighted by Gasteiger charge is 2.38. The van der Waals surface area contributed by atoms with E-state index in [9.17, 15) is 0 Å². The van der Waals surface area contributed by atoms with Crippen molar-refractivity contribution in [2.45, 2.75) is 52.1 Å². The summed E-state index contributed by atoms with van der Waals surface area (Å²) in [5, 5.41) is 4.51. The van der Waals surface area contributed by atoms with Gasteiger partial charge in [-0.2, -0.15) is 5.10 Å². The first-order valence-corrected chi connectivity index (χ1v) is 8.74. The molecule has 0 spiro atoms. The van der Waals surface area contributed by atoms with Crippen molar-refractivity contribution in [1.82, 2.24) is 14.7 Å². The summed E-state index contributed by atoms with van der Waals surface area (Å²) in [5.41, 5.74) is 8.17. The van der Waals surface area contributed by atoms with Crippen LogP contribution in [-0.2, 0) is 6.54 Å². The maximum Gasteiger partial charge on any atom is 0.0697 e. The van der Waals surface area contributed by atoms with Crippen molar-refractivity contribution < 1.29 is 0 Å². The topological polar surface area (TPSA) is 47.1 Å². The van der Waals surface area contributed by atoms with Gasteiger partial charge in [0.15, 0.2) is 0 Å². The largest absolute Gasteiger partial charge is 0.322 e. The summed E-state index contributed by atoms with van der Waals surface area (Å²) < 4.78 is 3.13. The van der Waals surface area contributed by atoms with E-state index in [0.717, 1.165) is 23.3 Å². The number of hydrogen-bond acceptors (Lipinski definition) is 3. The standard InChI is InChI=1S/C16H29BrN4/c1-16(2)8-6-5-7-12(16)14(18)15-13(17)11-19-21(15)10-9-20(3)4/h11-12,14H,5-10,18H2,1-4H3. The molecule has 1 saturated carbocycles. The maximum atomic E-state index is 6.69. The monoisotopic (exact) mass is 356 g/mol. The lowest BCUT2D eigenvalue weighted by Crippen LogP contribution is -2.37. The zero-order chi connectivity index (χ0) is 15.6. The Balaban J connectivity index is 2.21. The minimum Gasteiger partial charge on any atom is -0.322 e. The number of aromatic nitrogens is 2. The van der Waals surface area contributed by atoms with Crippen LogP contribution in [0.2, 0.25) is 0 Å². The molecule has 1 aromatic heterocycles. The van der Waals surface area contributed by atoms with Crippen molar-refractivity contribution in [3.05, 3.63) is 16.4 Å². The Hall–Kier alpha value is -0.390. The molecule has 0 amide bonds. The zero-order valence-corrected chi connectivity index (χ0v) is 15.4. The van der Waals surface area contributed by atoms with Gasteiger partial charge >= 0.3 is 0 Å². The lowest BCUT2D eigenvalue weighted by atomic mass is 9.65. The van der Waals surface area contributed by atoms with E-state index < -0.39 is 0 Å². The molecular formula is C16H29BrN4. The molecule has 5 heteroatoms. The Morgan fingerprint density at radius 2 is 2.19 bits per heavy atom. The van der Waals surface area contributed by atoms with E-state index in [1.807, 2.05) is 6.20 Å². The number of nitrogens with zero attached hydrogens (tertiary/aromatic N) is 3. The van der Waals surface area contributed by atoms with Crippen LogP contribution < -0.4 is 5.73 Å². The summed E-state index contributed by atoms with van der Waals surface area (Å²) in [6.45, 7) is 6.59. The number of halogens is 1. The second kappa shape index (κ2) is 6.80. The zero-order valence-electron chi connectivity index (χ0n) is 13.8. The minimum atomic E-state index is 0.0549. The Kier molecular flexibility index (Phi) is 5.49. The van der Waals surface area contributed by atoms with E-state index >= 15 is 0 Å². The average Bonchev–Trinajstić information content (AvgIpc) is 2.76. The average molecular weight is 357 g/mol. The molecule has 0 radical (unpaired) electrons. The Morgan fingerprint density at radius 1 is 1.48 bits per heavy atom. The van der Waals surface area contributed by atoms with Crippen LogP contribution in [0.1, 0.15) is 51.3 Å². The summed E-state index contributed by atoms with van der Waals surface area (Å²) in [7, 11) is 4.17. The van der Waals surface area contributed by atoms with Gasteiger partial charge in [0.25, 0.3) is 0 Å². The van der Waals surface area contributed by atoms with Crippen molar-refractivity contribution >= 4 is 15.9 Å². The third-order valence-corrected chi connectivity index (χ3v) is 5.54. The molecule has 1 aliphatic carbocycles. The van der Waals surface area contributed by atoms with Crippen LogP contribution in [0.3, 0.4) is 0 Å². The van der Waals surface area contributed by atoms with Crippen molar-refractivity contribution in [2.75, 3.05) is 20.6 Å². The fourth-order valence-corrected chi connectivity index (χ4v) is 4.11. The summed E-state index contributed by atoms with van der Waals surface area (Å²) in [4.78, 5) is 2.18. The molecule has 120 valence electrons. The van der Waals surface area contributed by atoms with Crippen molar-refractivity contribution in [2.24, 2.45) is 17.1 Å². The maximum absolute atomic E-state index is 6.69. The van der Waals surface area contributed by atoms with Gasteiger partial charge in [0, 0.05) is 6.54 Å². The van der Waals surface area contributed by atoms with Gasteiger partial charge in [0.1, 0.15) is 0 Å². The predicted molar refractivity (Wildman–Crippen MR) is 91.1 cm³/mol. The molecule has 2 atom stereocenters. The molecule has 0 aromatic carbocycles. The van der Waals surface area contributed by atoms with E-state index in [2.05, 4.69) is 58.6 Å². The number of hydrogen-bond donors (Lipinski definition) is 1. The number of likely N-dealkylation sites (N-methyl/N-ethyl adjacent to an activating group) is 1. The van der Waals surface area contributed by atoms with Crippen LogP contribution in [0.15, 0.2) is 10.7 Å². The highest BCUT2D eigenvalue weighted by atomic mass is 79.9. The molecule has 0 aliphatic heterocycles. The van der Waals surface area contributed by atoms with Gasteiger partial charge in [0.05, 0.1) is 29.0 Å². The molecule has 1 aromatic rings. The smallest absolute Gasteiger partial charge is 0.0697 e. The van der Waals surface area contributed by atoms with Crippen LogP contribution in [0, 0.1) is 11.3 Å². The van der Waals surface area contributed by atoms with E-state index in [4.69, 9.17) is 5.73 Å². The van der Waals surface area contributed by atoms with Gasteiger partial charge in [-0.25, -0.2) is 0 Å². The fraction of sp³-hybridized carbons (Fsp3) is 0.812. The molecule has 0 saturated heterocycles. The van der Waals surface area contributed by atoms with Gasteiger partial charge in [0.2, 0.25) is 0 Å². The van der Waals surface area contributed by atoms with Crippen LogP contribution in [-0.4, -0.2) is 35.3 Å². The molecule has 4 nitrogen and oxygen atoms in total.